The first-order chi connectivity index (χ1) is 19.2. The monoisotopic (exact) mass is 564 g/mol. The van der Waals surface area contributed by atoms with Crippen LogP contribution in [0.15, 0.2) is 59.5 Å². The highest BCUT2D eigenvalue weighted by atomic mass is 32.2. The Hall–Kier alpha value is -3.56. The molecule has 9 heteroatoms. The fourth-order valence-corrected chi connectivity index (χ4v) is 7.17. The van der Waals surface area contributed by atoms with E-state index in [9.17, 15) is 13.2 Å². The Morgan fingerprint density at radius 1 is 0.875 bits per heavy atom. The summed E-state index contributed by atoms with van der Waals surface area (Å²) in [5, 5.41) is 0. The van der Waals surface area contributed by atoms with Gasteiger partial charge < -0.3 is 19.1 Å². The predicted molar refractivity (Wildman–Crippen MR) is 153 cm³/mol. The van der Waals surface area contributed by atoms with Crippen LogP contribution in [0.4, 0.5) is 0 Å². The van der Waals surface area contributed by atoms with E-state index in [1.54, 1.807) is 31.3 Å². The summed E-state index contributed by atoms with van der Waals surface area (Å²) in [6.07, 6.45) is 2.38. The lowest BCUT2D eigenvalue weighted by atomic mass is 9.91. The minimum atomic E-state index is -3.55. The number of hydrogen-bond acceptors (Lipinski definition) is 6. The molecule has 212 valence electrons. The molecule has 5 rings (SSSR count). The van der Waals surface area contributed by atoms with Gasteiger partial charge in [0.2, 0.25) is 10.0 Å². The van der Waals surface area contributed by atoms with E-state index in [1.165, 1.54) is 16.4 Å². The van der Waals surface area contributed by atoms with Crippen LogP contribution in [0.5, 0.6) is 17.2 Å². The van der Waals surface area contributed by atoms with Crippen molar-refractivity contribution >= 4 is 15.9 Å². The van der Waals surface area contributed by atoms with Gasteiger partial charge in [0.1, 0.15) is 12.4 Å². The van der Waals surface area contributed by atoms with Crippen molar-refractivity contribution in [3.63, 3.8) is 0 Å². The van der Waals surface area contributed by atoms with Gasteiger partial charge in [-0.05, 0) is 104 Å². The zero-order valence-electron chi connectivity index (χ0n) is 23.5. The van der Waals surface area contributed by atoms with Crippen LogP contribution >= 0.6 is 0 Å². The number of sulfonamides is 1. The number of nitrogens with zero attached hydrogens (tertiary/aromatic N) is 2. The fraction of sp³-hybridized carbons (Fsp3) is 0.387. The van der Waals surface area contributed by atoms with E-state index < -0.39 is 10.0 Å². The smallest absolute Gasteiger partial charge is 0.254 e. The van der Waals surface area contributed by atoms with Gasteiger partial charge in [0, 0.05) is 25.2 Å². The maximum absolute atomic E-state index is 13.9. The Kier molecular flexibility index (Phi) is 8.05. The summed E-state index contributed by atoms with van der Waals surface area (Å²) in [6, 6.07) is 15.9. The first kappa shape index (κ1) is 28.0. The van der Waals surface area contributed by atoms with Crippen LogP contribution in [0.3, 0.4) is 0 Å². The van der Waals surface area contributed by atoms with Gasteiger partial charge in [-0.25, -0.2) is 8.42 Å². The molecule has 0 saturated carbocycles. The predicted octanol–water partition coefficient (Wildman–Crippen LogP) is 4.92. The first-order valence-electron chi connectivity index (χ1n) is 13.6. The summed E-state index contributed by atoms with van der Waals surface area (Å²) in [5.41, 5.74) is 4.64. The normalized spacial score (nSPS) is 17.4. The van der Waals surface area contributed by atoms with Gasteiger partial charge >= 0.3 is 0 Å². The number of benzene rings is 3. The van der Waals surface area contributed by atoms with Gasteiger partial charge in [-0.3, -0.25) is 4.79 Å². The van der Waals surface area contributed by atoms with Gasteiger partial charge in [-0.15, -0.1) is 0 Å². The number of methoxy groups -OCH3 is 2. The van der Waals surface area contributed by atoms with Gasteiger partial charge in [0.25, 0.3) is 5.91 Å². The molecule has 1 saturated heterocycles. The second kappa shape index (κ2) is 11.5. The Balaban J connectivity index is 1.46. The average Bonchev–Trinajstić information content (AvgIpc) is 3.50. The molecule has 3 aromatic carbocycles. The van der Waals surface area contributed by atoms with Crippen LogP contribution in [-0.4, -0.2) is 64.0 Å². The van der Waals surface area contributed by atoms with Crippen molar-refractivity contribution in [2.75, 3.05) is 40.5 Å². The zero-order valence-corrected chi connectivity index (χ0v) is 24.3. The molecular formula is C31H36N2O6S. The van der Waals surface area contributed by atoms with Gasteiger partial charge in [0.05, 0.1) is 25.2 Å². The lowest BCUT2D eigenvalue weighted by Gasteiger charge is -2.37. The molecule has 2 heterocycles. The summed E-state index contributed by atoms with van der Waals surface area (Å²) in [5.74, 6) is 1.79. The number of rotatable bonds is 8. The van der Waals surface area contributed by atoms with Crippen molar-refractivity contribution < 1.29 is 27.4 Å². The summed E-state index contributed by atoms with van der Waals surface area (Å²) in [6.45, 7) is 5.85. The number of carbonyl (C=O) groups excluding carboxylic acids is 1. The molecule has 3 aromatic rings. The molecule has 0 radical (unpaired) electrons. The van der Waals surface area contributed by atoms with E-state index in [2.05, 4.69) is 6.07 Å². The second-order valence-corrected chi connectivity index (χ2v) is 12.4. The summed E-state index contributed by atoms with van der Waals surface area (Å²) >= 11 is 0. The Morgan fingerprint density at radius 3 is 2.12 bits per heavy atom. The minimum Gasteiger partial charge on any atom is -0.493 e. The van der Waals surface area contributed by atoms with Gasteiger partial charge in [-0.2, -0.15) is 4.31 Å². The largest absolute Gasteiger partial charge is 0.493 e. The number of amides is 1. The molecule has 0 unspecified atom stereocenters. The quantitative estimate of drug-likeness (QED) is 0.386. The Morgan fingerprint density at radius 2 is 1.50 bits per heavy atom. The summed E-state index contributed by atoms with van der Waals surface area (Å²) in [4.78, 5) is 15.9. The number of ether oxygens (including phenoxy) is 3. The van der Waals surface area contributed by atoms with Crippen molar-refractivity contribution in [2.24, 2.45) is 0 Å². The summed E-state index contributed by atoms with van der Waals surface area (Å²) < 4.78 is 44.9. The van der Waals surface area contributed by atoms with E-state index in [4.69, 9.17) is 14.2 Å². The lowest BCUT2D eigenvalue weighted by Crippen LogP contribution is -2.42. The number of aryl methyl sites for hydroxylation is 2. The molecule has 8 nitrogen and oxygen atoms in total. The van der Waals surface area contributed by atoms with Crippen molar-refractivity contribution in [3.05, 3.63) is 82.4 Å². The van der Waals surface area contributed by atoms with Crippen LogP contribution in [0.2, 0.25) is 0 Å². The van der Waals surface area contributed by atoms with Crippen molar-refractivity contribution in [1.82, 2.24) is 9.21 Å². The Labute approximate surface area is 236 Å². The van der Waals surface area contributed by atoms with Crippen LogP contribution in [0, 0.1) is 13.8 Å². The third-order valence-electron chi connectivity index (χ3n) is 7.67. The third-order valence-corrected chi connectivity index (χ3v) is 9.58. The van der Waals surface area contributed by atoms with E-state index in [0.717, 1.165) is 40.8 Å². The number of hydrogen-bond donors (Lipinski definition) is 0. The van der Waals surface area contributed by atoms with Crippen molar-refractivity contribution in [3.8, 4) is 17.2 Å². The standard InChI is InChI=1S/C31H36N2O6S/c1-21-15-22(2)17-25(16-21)39-20-28-27-19-30(38-4)29(37-3)18-24(27)11-14-33(28)31(34)23-7-9-26(10-8-23)40(35,36)32-12-5-6-13-32/h7-10,15-19,28H,5-6,11-14,20H2,1-4H3/t28-/m1/s1. The molecule has 1 atom stereocenters. The van der Waals surface area contributed by atoms with E-state index >= 15 is 0 Å². The molecule has 1 fully saturated rings. The second-order valence-electron chi connectivity index (χ2n) is 10.4. The highest BCUT2D eigenvalue weighted by molar-refractivity contribution is 7.89. The molecule has 0 spiro atoms. The van der Waals surface area contributed by atoms with Crippen molar-refractivity contribution in [2.45, 2.75) is 44.0 Å². The van der Waals surface area contributed by atoms with E-state index in [-0.39, 0.29) is 23.5 Å². The van der Waals surface area contributed by atoms with Crippen LogP contribution in [-0.2, 0) is 16.4 Å². The maximum atomic E-state index is 13.9. The molecule has 40 heavy (non-hydrogen) atoms. The van der Waals surface area contributed by atoms with Crippen LogP contribution in [0.25, 0.3) is 0 Å². The Bertz CT molecular complexity index is 1480. The third kappa shape index (κ3) is 5.53. The van der Waals surface area contributed by atoms with Crippen LogP contribution < -0.4 is 14.2 Å². The molecule has 2 aliphatic rings. The molecule has 0 N–H and O–H groups in total. The topological polar surface area (TPSA) is 85.4 Å². The lowest BCUT2D eigenvalue weighted by molar-refractivity contribution is 0.0589. The van der Waals surface area contributed by atoms with Crippen LogP contribution in [0.1, 0.15) is 51.5 Å². The minimum absolute atomic E-state index is 0.181. The molecular weight excluding hydrogens is 528 g/mol. The van der Waals surface area contributed by atoms with Crippen molar-refractivity contribution in [1.29, 1.82) is 0 Å². The molecule has 0 aromatic heterocycles. The number of carbonyl (C=O) groups is 1. The molecule has 0 aliphatic carbocycles. The molecule has 1 amide bonds. The number of fused-ring (bicyclic) bond motifs is 1. The van der Waals surface area contributed by atoms with Gasteiger partial charge in [-0.1, -0.05) is 6.07 Å². The first-order valence-corrected chi connectivity index (χ1v) is 15.0. The molecule has 2 aliphatic heterocycles. The SMILES string of the molecule is COc1cc2c(cc1OC)[C@@H](COc1cc(C)cc(C)c1)N(C(=O)c1ccc(S(=O)(=O)N3CCCC3)cc1)CC2. The van der Waals surface area contributed by atoms with E-state index in [1.807, 2.05) is 38.1 Å². The van der Waals surface area contributed by atoms with Gasteiger partial charge in [0.15, 0.2) is 11.5 Å². The average molecular weight is 565 g/mol. The summed E-state index contributed by atoms with van der Waals surface area (Å²) in [7, 11) is -0.354. The molecule has 0 bridgehead atoms. The fourth-order valence-electron chi connectivity index (χ4n) is 5.66. The van der Waals surface area contributed by atoms with E-state index in [0.29, 0.717) is 43.1 Å². The highest BCUT2D eigenvalue weighted by Gasteiger charge is 2.34. The zero-order chi connectivity index (χ0) is 28.4. The highest BCUT2D eigenvalue weighted by Crippen LogP contribution is 2.39. The maximum Gasteiger partial charge on any atom is 0.254 e.